The molecular formula is C25H23N3O5S2. The molecule has 4 aromatic rings. The molecule has 1 heterocycles. The summed E-state index contributed by atoms with van der Waals surface area (Å²) in [4.78, 5) is 30.2. The van der Waals surface area contributed by atoms with Crippen molar-refractivity contribution in [2.45, 2.75) is 23.8 Å². The number of ether oxygens (including phenoxy) is 1. The van der Waals surface area contributed by atoms with Crippen molar-refractivity contribution < 1.29 is 22.7 Å². The minimum absolute atomic E-state index is 0.0457. The number of primary sulfonamides is 1. The Hall–Kier alpha value is -3.60. The van der Waals surface area contributed by atoms with E-state index in [1.54, 1.807) is 10.6 Å². The molecule has 3 aromatic carbocycles. The van der Waals surface area contributed by atoms with Gasteiger partial charge in [0, 0.05) is 6.54 Å². The Morgan fingerprint density at radius 1 is 1.00 bits per heavy atom. The molecule has 0 saturated heterocycles. The molecule has 4 rings (SSSR count). The summed E-state index contributed by atoms with van der Waals surface area (Å²) in [5.41, 5.74) is 2.23. The summed E-state index contributed by atoms with van der Waals surface area (Å²) in [7, 11) is -2.61. The van der Waals surface area contributed by atoms with E-state index >= 15 is 0 Å². The number of fused-ring (bicyclic) bond motifs is 1. The number of methoxy groups -OCH3 is 1. The summed E-state index contributed by atoms with van der Waals surface area (Å²) in [6.07, 6.45) is 0.0570. The predicted molar refractivity (Wildman–Crippen MR) is 133 cm³/mol. The summed E-state index contributed by atoms with van der Waals surface area (Å²) in [6.45, 7) is 0.203. The zero-order chi connectivity index (χ0) is 25.0. The molecule has 2 N–H and O–H groups in total. The smallest absolute Gasteiger partial charge is 0.307 e. The van der Waals surface area contributed by atoms with Crippen molar-refractivity contribution >= 4 is 43.5 Å². The number of carbonyl (C=O) groups is 2. The zero-order valence-electron chi connectivity index (χ0n) is 18.8. The molecule has 0 unspecified atom stereocenters. The molecule has 1 amide bonds. The molecular weight excluding hydrogens is 486 g/mol. The number of hydrogen-bond acceptors (Lipinski definition) is 6. The third-order valence-corrected chi connectivity index (χ3v) is 7.42. The summed E-state index contributed by atoms with van der Waals surface area (Å²) in [6, 6.07) is 23.1. The Labute approximate surface area is 206 Å². The van der Waals surface area contributed by atoms with E-state index in [-0.39, 0.29) is 23.8 Å². The van der Waals surface area contributed by atoms with Gasteiger partial charge >= 0.3 is 5.97 Å². The number of amides is 1. The number of aryl methyl sites for hydroxylation is 1. The fourth-order valence-corrected chi connectivity index (χ4v) is 5.48. The fourth-order valence-electron chi connectivity index (χ4n) is 3.76. The first-order valence-electron chi connectivity index (χ1n) is 10.7. The van der Waals surface area contributed by atoms with Gasteiger partial charge in [-0.25, -0.2) is 13.6 Å². The van der Waals surface area contributed by atoms with E-state index in [4.69, 9.17) is 9.88 Å². The van der Waals surface area contributed by atoms with Crippen molar-refractivity contribution in [3.8, 4) is 0 Å². The fraction of sp³-hybridized carbons (Fsp3) is 0.160. The molecule has 0 aliphatic carbocycles. The van der Waals surface area contributed by atoms with Crippen LogP contribution in [-0.2, 0) is 30.9 Å². The molecule has 8 nitrogen and oxygen atoms in total. The van der Waals surface area contributed by atoms with Crippen molar-refractivity contribution in [2.75, 3.05) is 7.11 Å². The molecule has 180 valence electrons. The van der Waals surface area contributed by atoms with E-state index in [0.717, 1.165) is 22.5 Å². The second kappa shape index (κ2) is 10.3. The Balaban J connectivity index is 1.86. The monoisotopic (exact) mass is 509 g/mol. The summed E-state index contributed by atoms with van der Waals surface area (Å²) < 4.78 is 30.7. The average molecular weight is 510 g/mol. The third kappa shape index (κ3) is 5.56. The molecule has 0 atom stereocenters. The van der Waals surface area contributed by atoms with Crippen LogP contribution in [0.4, 0.5) is 0 Å². The Morgan fingerprint density at radius 2 is 1.60 bits per heavy atom. The number of thiazole rings is 1. The van der Waals surface area contributed by atoms with E-state index < -0.39 is 21.9 Å². The largest absolute Gasteiger partial charge is 0.469 e. The van der Waals surface area contributed by atoms with Gasteiger partial charge in [-0.05, 0) is 29.3 Å². The van der Waals surface area contributed by atoms with E-state index in [1.807, 2.05) is 60.7 Å². The first kappa shape index (κ1) is 24.5. The predicted octanol–water partition coefficient (Wildman–Crippen LogP) is 3.17. The van der Waals surface area contributed by atoms with Crippen molar-refractivity contribution in [3.05, 3.63) is 94.8 Å². The number of rotatable bonds is 7. The number of aromatic nitrogens is 1. The van der Waals surface area contributed by atoms with Gasteiger partial charge in [-0.15, -0.1) is 0 Å². The average Bonchev–Trinajstić information content (AvgIpc) is 3.19. The zero-order valence-corrected chi connectivity index (χ0v) is 20.5. The van der Waals surface area contributed by atoms with Gasteiger partial charge in [-0.3, -0.25) is 9.59 Å². The topological polar surface area (TPSA) is 121 Å². The second-order valence-electron chi connectivity index (χ2n) is 7.74. The Kier molecular flexibility index (Phi) is 7.25. The van der Waals surface area contributed by atoms with E-state index in [0.29, 0.717) is 15.0 Å². The van der Waals surface area contributed by atoms with Gasteiger partial charge in [0.2, 0.25) is 10.0 Å². The van der Waals surface area contributed by atoms with Gasteiger partial charge in [-0.1, -0.05) is 72.0 Å². The number of hydrogen-bond donors (Lipinski definition) is 1. The van der Waals surface area contributed by atoms with Crippen molar-refractivity contribution in [1.29, 1.82) is 0 Å². The maximum absolute atomic E-state index is 13.6. The SMILES string of the molecule is COC(=O)CCn1c(=NC(=O)C(c2ccccc2)c2ccccc2)sc2cc(S(N)(=O)=O)ccc21. The first-order chi connectivity index (χ1) is 16.8. The second-order valence-corrected chi connectivity index (χ2v) is 10.3. The highest BCUT2D eigenvalue weighted by molar-refractivity contribution is 7.89. The quantitative estimate of drug-likeness (QED) is 0.384. The minimum atomic E-state index is -3.91. The molecule has 0 bridgehead atoms. The van der Waals surface area contributed by atoms with Gasteiger partial charge in [0.25, 0.3) is 5.91 Å². The number of benzene rings is 3. The van der Waals surface area contributed by atoms with Crippen LogP contribution in [0.2, 0.25) is 0 Å². The first-order valence-corrected chi connectivity index (χ1v) is 13.1. The van der Waals surface area contributed by atoms with E-state index in [1.165, 1.54) is 19.2 Å². The van der Waals surface area contributed by atoms with Gasteiger partial charge in [0.15, 0.2) is 4.80 Å². The van der Waals surface area contributed by atoms with Crippen LogP contribution in [0.3, 0.4) is 0 Å². The van der Waals surface area contributed by atoms with Crippen molar-refractivity contribution in [2.24, 2.45) is 10.1 Å². The third-order valence-electron chi connectivity index (χ3n) is 5.47. The van der Waals surface area contributed by atoms with Crippen LogP contribution in [0.15, 0.2) is 88.8 Å². The minimum Gasteiger partial charge on any atom is -0.469 e. The summed E-state index contributed by atoms with van der Waals surface area (Å²) in [5, 5.41) is 5.29. The Bertz CT molecular complexity index is 1500. The molecule has 0 spiro atoms. The molecule has 10 heteroatoms. The summed E-state index contributed by atoms with van der Waals surface area (Å²) in [5.74, 6) is -1.43. The molecule has 0 aliphatic heterocycles. The van der Waals surface area contributed by atoms with Crippen molar-refractivity contribution in [1.82, 2.24) is 4.57 Å². The highest BCUT2D eigenvalue weighted by Crippen LogP contribution is 2.27. The Morgan fingerprint density at radius 3 is 2.14 bits per heavy atom. The number of nitrogens with two attached hydrogens (primary N) is 1. The van der Waals surface area contributed by atoms with Crippen LogP contribution in [-0.4, -0.2) is 32.0 Å². The lowest BCUT2D eigenvalue weighted by atomic mass is 9.91. The van der Waals surface area contributed by atoms with Gasteiger partial charge in [0.1, 0.15) is 0 Å². The molecule has 0 radical (unpaired) electrons. The van der Waals surface area contributed by atoms with Crippen LogP contribution in [0.1, 0.15) is 23.5 Å². The molecule has 0 aliphatic rings. The molecule has 1 aromatic heterocycles. The number of nitrogens with zero attached hydrogens (tertiary/aromatic N) is 2. The number of carbonyl (C=O) groups excluding carboxylic acids is 2. The standard InChI is InChI=1S/C25H23N3O5S2/c1-33-22(29)14-15-28-20-13-12-19(35(26,31)32)16-21(20)34-25(28)27-24(30)23(17-8-4-2-5-9-17)18-10-6-3-7-11-18/h2-13,16,23H,14-15H2,1H3,(H2,26,31,32). The van der Waals surface area contributed by atoms with Crippen LogP contribution in [0.25, 0.3) is 10.2 Å². The number of sulfonamides is 1. The lowest BCUT2D eigenvalue weighted by molar-refractivity contribution is -0.140. The maximum atomic E-state index is 13.6. The van der Waals surface area contributed by atoms with Crippen LogP contribution in [0, 0.1) is 0 Å². The normalized spacial score (nSPS) is 12.3. The van der Waals surface area contributed by atoms with Gasteiger partial charge in [-0.2, -0.15) is 4.99 Å². The van der Waals surface area contributed by atoms with Crippen LogP contribution < -0.4 is 9.94 Å². The summed E-state index contributed by atoms with van der Waals surface area (Å²) >= 11 is 1.15. The molecule has 0 saturated carbocycles. The van der Waals surface area contributed by atoms with E-state index in [9.17, 15) is 18.0 Å². The molecule has 0 fully saturated rings. The van der Waals surface area contributed by atoms with Crippen LogP contribution >= 0.6 is 11.3 Å². The lowest BCUT2D eigenvalue weighted by Crippen LogP contribution is -2.21. The lowest BCUT2D eigenvalue weighted by Gasteiger charge is -2.14. The van der Waals surface area contributed by atoms with Crippen LogP contribution in [0.5, 0.6) is 0 Å². The number of esters is 1. The van der Waals surface area contributed by atoms with E-state index in [2.05, 4.69) is 4.99 Å². The van der Waals surface area contributed by atoms with Gasteiger partial charge < -0.3 is 9.30 Å². The maximum Gasteiger partial charge on any atom is 0.307 e. The highest BCUT2D eigenvalue weighted by atomic mass is 32.2. The molecule has 35 heavy (non-hydrogen) atoms. The highest BCUT2D eigenvalue weighted by Gasteiger charge is 2.23. The van der Waals surface area contributed by atoms with Gasteiger partial charge in [0.05, 0.1) is 34.6 Å². The van der Waals surface area contributed by atoms with Crippen molar-refractivity contribution in [3.63, 3.8) is 0 Å².